The van der Waals surface area contributed by atoms with Crippen LogP contribution in [0.5, 0.6) is 0 Å². The van der Waals surface area contributed by atoms with Crippen molar-refractivity contribution >= 4 is 32.4 Å². The lowest BCUT2D eigenvalue weighted by molar-refractivity contribution is 0.323. The zero-order chi connectivity index (χ0) is 16.7. The summed E-state index contributed by atoms with van der Waals surface area (Å²) in [5.41, 5.74) is 1.58. The Morgan fingerprint density at radius 1 is 1.25 bits per heavy atom. The van der Waals surface area contributed by atoms with Crippen LogP contribution < -0.4 is 9.96 Å². The summed E-state index contributed by atoms with van der Waals surface area (Å²) >= 11 is 1.43. The van der Waals surface area contributed by atoms with E-state index in [1.54, 1.807) is 12.1 Å². The minimum atomic E-state index is -0.548. The van der Waals surface area contributed by atoms with Gasteiger partial charge in [0, 0.05) is 5.69 Å². The van der Waals surface area contributed by atoms with Gasteiger partial charge in [0.2, 0.25) is 0 Å². The van der Waals surface area contributed by atoms with Gasteiger partial charge >= 0.3 is 0 Å². The molecule has 0 spiro atoms. The summed E-state index contributed by atoms with van der Waals surface area (Å²) < 4.78 is 13.5. The highest BCUT2D eigenvalue weighted by Crippen LogP contribution is 2.37. The number of thiazole rings is 1. The van der Waals surface area contributed by atoms with Crippen molar-refractivity contribution in [2.75, 3.05) is 25.6 Å². The van der Waals surface area contributed by atoms with Crippen molar-refractivity contribution in [2.45, 2.75) is 6.17 Å². The van der Waals surface area contributed by atoms with Gasteiger partial charge in [0.05, 0.1) is 16.8 Å². The SMILES string of the molecule is CN1CC(Nc2ccc(F)cc2)[N+]([O-])(c2nc3ccccc3s2)C1. The number of rotatable bonds is 3. The molecule has 0 amide bonds. The molecule has 0 aliphatic carbocycles. The number of nitrogens with zero attached hydrogens (tertiary/aromatic N) is 3. The number of quaternary nitrogens is 1. The van der Waals surface area contributed by atoms with Crippen molar-refractivity contribution in [3.05, 3.63) is 59.6 Å². The zero-order valence-corrected chi connectivity index (χ0v) is 14.0. The standard InChI is InChI=1S/C17H17FN4OS/c1-21-10-16(19-13-8-6-12(18)7-9-13)22(23,11-21)17-20-14-4-2-3-5-15(14)24-17/h2-9,16,19H,10-11H2,1H3. The molecule has 1 N–H and O–H groups in total. The number of hydroxylamine groups is 2. The van der Waals surface area contributed by atoms with Gasteiger partial charge in [-0.15, -0.1) is 0 Å². The number of aromatic nitrogens is 1. The third-order valence-electron chi connectivity index (χ3n) is 4.22. The lowest BCUT2D eigenvalue weighted by Crippen LogP contribution is -2.52. The van der Waals surface area contributed by atoms with Gasteiger partial charge in [-0.25, -0.2) is 4.39 Å². The van der Waals surface area contributed by atoms with E-state index in [4.69, 9.17) is 0 Å². The molecule has 2 aromatic carbocycles. The predicted octanol–water partition coefficient (Wildman–Crippen LogP) is 3.58. The minimum Gasteiger partial charge on any atom is -0.623 e. The summed E-state index contributed by atoms with van der Waals surface area (Å²) in [4.78, 5) is 6.54. The molecule has 2 unspecified atom stereocenters. The summed E-state index contributed by atoms with van der Waals surface area (Å²) in [6, 6.07) is 13.8. The molecule has 3 aromatic rings. The van der Waals surface area contributed by atoms with Gasteiger partial charge in [0.25, 0.3) is 5.13 Å². The number of nitrogens with one attached hydrogen (secondary N) is 1. The summed E-state index contributed by atoms with van der Waals surface area (Å²) in [5.74, 6) is -0.293. The topological polar surface area (TPSA) is 51.2 Å². The van der Waals surface area contributed by atoms with Crippen LogP contribution in [-0.2, 0) is 0 Å². The Morgan fingerprint density at radius 2 is 2.00 bits per heavy atom. The van der Waals surface area contributed by atoms with Crippen LogP contribution in [0.25, 0.3) is 10.2 Å². The maximum Gasteiger partial charge on any atom is 0.290 e. The molecule has 1 saturated heterocycles. The van der Waals surface area contributed by atoms with E-state index in [2.05, 4.69) is 10.3 Å². The van der Waals surface area contributed by atoms with Gasteiger partial charge in [0.15, 0.2) is 6.17 Å². The maximum absolute atomic E-state index is 13.6. The number of hydrogen-bond acceptors (Lipinski definition) is 5. The molecule has 0 radical (unpaired) electrons. The highest BCUT2D eigenvalue weighted by Gasteiger charge is 2.42. The Bertz CT molecular complexity index is 835. The first-order valence-electron chi connectivity index (χ1n) is 7.70. The Labute approximate surface area is 143 Å². The molecule has 0 bridgehead atoms. The van der Waals surface area contributed by atoms with Gasteiger partial charge in [-0.2, -0.15) is 4.98 Å². The maximum atomic E-state index is 13.6. The Balaban J connectivity index is 1.68. The van der Waals surface area contributed by atoms with E-state index in [0.29, 0.717) is 18.3 Å². The largest absolute Gasteiger partial charge is 0.623 e. The van der Waals surface area contributed by atoms with Crippen LogP contribution in [0.4, 0.5) is 15.2 Å². The van der Waals surface area contributed by atoms with Crippen LogP contribution in [0, 0.1) is 11.0 Å². The fourth-order valence-corrected chi connectivity index (χ4v) is 4.09. The minimum absolute atomic E-state index is 0.293. The third kappa shape index (κ3) is 2.65. The van der Waals surface area contributed by atoms with Crippen molar-refractivity contribution in [3.63, 3.8) is 0 Å². The Hall–Kier alpha value is -2.06. The van der Waals surface area contributed by atoms with E-state index < -0.39 is 4.65 Å². The molecule has 124 valence electrons. The molecule has 2 heterocycles. The van der Waals surface area contributed by atoms with Crippen molar-refractivity contribution in [1.82, 2.24) is 14.5 Å². The fraction of sp³-hybridized carbons (Fsp3) is 0.235. The summed E-state index contributed by atoms with van der Waals surface area (Å²) in [6.07, 6.45) is -0.388. The van der Waals surface area contributed by atoms with Gasteiger partial charge in [-0.1, -0.05) is 23.5 Å². The normalized spacial score (nSPS) is 24.5. The molecule has 4 rings (SSSR count). The highest BCUT2D eigenvalue weighted by molar-refractivity contribution is 7.22. The Morgan fingerprint density at radius 3 is 2.75 bits per heavy atom. The molecule has 1 fully saturated rings. The van der Waals surface area contributed by atoms with Crippen molar-refractivity contribution < 1.29 is 4.39 Å². The smallest absolute Gasteiger partial charge is 0.290 e. The van der Waals surface area contributed by atoms with E-state index >= 15 is 0 Å². The molecule has 2 atom stereocenters. The van der Waals surface area contributed by atoms with Crippen molar-refractivity contribution in [3.8, 4) is 0 Å². The average Bonchev–Trinajstić information content (AvgIpc) is 3.12. The first kappa shape index (κ1) is 15.5. The molecule has 24 heavy (non-hydrogen) atoms. The van der Waals surface area contributed by atoms with Gasteiger partial charge in [0.1, 0.15) is 12.5 Å². The van der Waals surface area contributed by atoms with Crippen molar-refractivity contribution in [2.24, 2.45) is 0 Å². The Kier molecular flexibility index (Phi) is 3.73. The van der Waals surface area contributed by atoms with E-state index in [9.17, 15) is 9.60 Å². The molecule has 1 aliphatic rings. The van der Waals surface area contributed by atoms with Gasteiger partial charge in [-0.05, 0) is 43.4 Å². The number of para-hydroxylation sites is 1. The van der Waals surface area contributed by atoms with Crippen molar-refractivity contribution in [1.29, 1.82) is 0 Å². The van der Waals surface area contributed by atoms with Crippen LogP contribution >= 0.6 is 11.3 Å². The lowest BCUT2D eigenvalue weighted by atomic mass is 10.3. The first-order chi connectivity index (χ1) is 11.5. The van der Waals surface area contributed by atoms with Crippen LogP contribution in [0.2, 0.25) is 0 Å². The number of hydrogen-bond donors (Lipinski definition) is 1. The van der Waals surface area contributed by atoms with E-state index in [-0.39, 0.29) is 12.0 Å². The van der Waals surface area contributed by atoms with Gasteiger partial charge < -0.3 is 10.5 Å². The number of anilines is 1. The molecule has 5 nitrogen and oxygen atoms in total. The molecular weight excluding hydrogens is 327 g/mol. The molecule has 1 aliphatic heterocycles. The second-order valence-corrected chi connectivity index (χ2v) is 7.12. The van der Waals surface area contributed by atoms with E-state index in [1.807, 2.05) is 36.2 Å². The predicted molar refractivity (Wildman–Crippen MR) is 96.1 cm³/mol. The van der Waals surface area contributed by atoms with E-state index in [1.165, 1.54) is 23.5 Å². The van der Waals surface area contributed by atoms with Gasteiger partial charge in [-0.3, -0.25) is 9.55 Å². The number of fused-ring (bicyclic) bond motifs is 1. The van der Waals surface area contributed by atoms with Crippen LogP contribution in [0.3, 0.4) is 0 Å². The average molecular weight is 344 g/mol. The zero-order valence-electron chi connectivity index (χ0n) is 13.1. The van der Waals surface area contributed by atoms with Crippen LogP contribution in [0.15, 0.2) is 48.5 Å². The van der Waals surface area contributed by atoms with Crippen LogP contribution in [-0.4, -0.2) is 36.3 Å². The number of likely N-dealkylation sites (N-methyl/N-ethyl adjacent to an activating group) is 1. The molecule has 7 heteroatoms. The summed E-state index contributed by atoms with van der Waals surface area (Å²) in [5, 5.41) is 17.4. The second-order valence-electron chi connectivity index (χ2n) is 6.11. The van der Waals surface area contributed by atoms with Crippen LogP contribution in [0.1, 0.15) is 0 Å². The number of benzene rings is 2. The molecule has 1 aromatic heterocycles. The lowest BCUT2D eigenvalue weighted by Gasteiger charge is -2.40. The quantitative estimate of drug-likeness (QED) is 0.583. The monoisotopic (exact) mass is 344 g/mol. The highest BCUT2D eigenvalue weighted by atomic mass is 32.1. The summed E-state index contributed by atoms with van der Waals surface area (Å²) in [7, 11) is 1.92. The second kappa shape index (κ2) is 5.78. The third-order valence-corrected chi connectivity index (χ3v) is 5.37. The van der Waals surface area contributed by atoms with E-state index in [0.717, 1.165) is 15.9 Å². The molecular formula is C17H17FN4OS. The number of halogens is 1. The fourth-order valence-electron chi connectivity index (χ4n) is 3.05. The first-order valence-corrected chi connectivity index (χ1v) is 8.52. The summed E-state index contributed by atoms with van der Waals surface area (Å²) in [6.45, 7) is 0.926. The molecule has 0 saturated carbocycles.